The Bertz CT molecular complexity index is 403. The Kier molecular flexibility index (Phi) is 5.99. The molecule has 2 N–H and O–H groups in total. The Balaban J connectivity index is 2.46. The van der Waals surface area contributed by atoms with Gasteiger partial charge in [0.2, 0.25) is 5.91 Å². The minimum absolute atomic E-state index is 0.0146. The Labute approximate surface area is 124 Å². The second kappa shape index (κ2) is 7.28. The van der Waals surface area contributed by atoms with Crippen LogP contribution < -0.4 is 5.32 Å². The number of carbonyl (C=O) groups is 3. The minimum atomic E-state index is -0.888. The van der Waals surface area contributed by atoms with Gasteiger partial charge in [0.25, 0.3) is 0 Å². The molecular weight excluding hydrogens is 276 g/mol. The topological polar surface area (TPSA) is 95.9 Å². The van der Waals surface area contributed by atoms with Crippen molar-refractivity contribution in [2.75, 3.05) is 13.1 Å². The van der Waals surface area contributed by atoms with Gasteiger partial charge in [0.15, 0.2) is 0 Å². The molecule has 7 heteroatoms. The van der Waals surface area contributed by atoms with Crippen molar-refractivity contribution in [3.8, 4) is 0 Å². The SMILES string of the molecule is CC(C)(C)OC(=O)N1CCC[C@@H]1C(=O)NCCCC(=O)O. The van der Waals surface area contributed by atoms with Crippen molar-refractivity contribution >= 4 is 18.0 Å². The molecule has 0 radical (unpaired) electrons. The molecule has 0 bridgehead atoms. The van der Waals surface area contributed by atoms with Gasteiger partial charge in [0, 0.05) is 19.5 Å². The van der Waals surface area contributed by atoms with Gasteiger partial charge >= 0.3 is 12.1 Å². The van der Waals surface area contributed by atoms with Crippen molar-refractivity contribution in [3.05, 3.63) is 0 Å². The number of hydrogen-bond donors (Lipinski definition) is 2. The molecule has 0 aromatic heterocycles. The first-order valence-electron chi connectivity index (χ1n) is 7.20. The predicted octanol–water partition coefficient (Wildman–Crippen LogP) is 1.37. The number of carboxylic acids is 1. The number of hydrogen-bond acceptors (Lipinski definition) is 4. The Morgan fingerprint density at radius 2 is 2.00 bits per heavy atom. The second-order valence-electron chi connectivity index (χ2n) is 6.12. The summed E-state index contributed by atoms with van der Waals surface area (Å²) in [5.74, 6) is -1.13. The highest BCUT2D eigenvalue weighted by Gasteiger charge is 2.36. The van der Waals surface area contributed by atoms with E-state index in [1.54, 1.807) is 20.8 Å². The van der Waals surface area contributed by atoms with E-state index in [0.717, 1.165) is 6.42 Å². The van der Waals surface area contributed by atoms with Crippen molar-refractivity contribution in [1.29, 1.82) is 0 Å². The maximum absolute atomic E-state index is 12.1. The van der Waals surface area contributed by atoms with E-state index in [0.29, 0.717) is 25.9 Å². The molecular formula is C14H24N2O5. The van der Waals surface area contributed by atoms with Gasteiger partial charge in [-0.25, -0.2) is 4.79 Å². The van der Waals surface area contributed by atoms with Gasteiger partial charge in [-0.2, -0.15) is 0 Å². The summed E-state index contributed by atoms with van der Waals surface area (Å²) >= 11 is 0. The third-order valence-electron chi connectivity index (χ3n) is 3.05. The highest BCUT2D eigenvalue weighted by molar-refractivity contribution is 5.86. The summed E-state index contributed by atoms with van der Waals surface area (Å²) in [5, 5.41) is 11.2. The van der Waals surface area contributed by atoms with Crippen LogP contribution in [-0.4, -0.2) is 52.7 Å². The van der Waals surface area contributed by atoms with E-state index in [2.05, 4.69) is 5.32 Å². The molecule has 1 rings (SSSR count). The number of nitrogens with one attached hydrogen (secondary N) is 1. The summed E-state index contributed by atoms with van der Waals surface area (Å²) in [4.78, 5) is 35.9. The molecule has 0 aromatic rings. The molecule has 2 amide bonds. The zero-order chi connectivity index (χ0) is 16.0. The van der Waals surface area contributed by atoms with E-state index in [-0.39, 0.29) is 12.3 Å². The van der Waals surface area contributed by atoms with Gasteiger partial charge in [-0.3, -0.25) is 14.5 Å². The predicted molar refractivity (Wildman–Crippen MR) is 75.8 cm³/mol. The molecule has 1 aliphatic rings. The van der Waals surface area contributed by atoms with Crippen LogP contribution in [0.2, 0.25) is 0 Å². The van der Waals surface area contributed by atoms with Crippen LogP contribution in [0.3, 0.4) is 0 Å². The number of ether oxygens (including phenoxy) is 1. The normalized spacial score (nSPS) is 18.4. The molecule has 7 nitrogen and oxygen atoms in total. The van der Waals surface area contributed by atoms with E-state index in [9.17, 15) is 14.4 Å². The number of likely N-dealkylation sites (tertiary alicyclic amines) is 1. The van der Waals surface area contributed by atoms with Gasteiger partial charge in [-0.1, -0.05) is 0 Å². The van der Waals surface area contributed by atoms with Crippen LogP contribution in [0.1, 0.15) is 46.5 Å². The molecule has 0 aromatic carbocycles. The molecule has 1 fully saturated rings. The molecule has 1 saturated heterocycles. The number of amides is 2. The van der Waals surface area contributed by atoms with Crippen molar-refractivity contribution < 1.29 is 24.2 Å². The van der Waals surface area contributed by atoms with Crippen LogP contribution in [-0.2, 0) is 14.3 Å². The van der Waals surface area contributed by atoms with Gasteiger partial charge in [-0.15, -0.1) is 0 Å². The first kappa shape index (κ1) is 17.3. The van der Waals surface area contributed by atoms with Gasteiger partial charge in [-0.05, 0) is 40.0 Å². The van der Waals surface area contributed by atoms with E-state index in [4.69, 9.17) is 9.84 Å². The maximum Gasteiger partial charge on any atom is 0.410 e. The first-order valence-corrected chi connectivity index (χ1v) is 7.20. The lowest BCUT2D eigenvalue weighted by Crippen LogP contribution is -2.47. The van der Waals surface area contributed by atoms with Gasteiger partial charge in [0.1, 0.15) is 11.6 Å². The number of carboxylic acid groups (broad SMARTS) is 1. The average Bonchev–Trinajstić information content (AvgIpc) is 2.81. The summed E-state index contributed by atoms with van der Waals surface area (Å²) in [7, 11) is 0. The van der Waals surface area contributed by atoms with Gasteiger partial charge < -0.3 is 15.2 Å². The van der Waals surface area contributed by atoms with E-state index in [1.807, 2.05) is 0 Å². The third kappa shape index (κ3) is 6.01. The molecule has 0 aliphatic carbocycles. The summed E-state index contributed by atoms with van der Waals surface area (Å²) in [5.41, 5.74) is -0.595. The van der Waals surface area contributed by atoms with Crippen molar-refractivity contribution in [3.63, 3.8) is 0 Å². The monoisotopic (exact) mass is 300 g/mol. The number of aliphatic carboxylic acids is 1. The molecule has 1 aliphatic heterocycles. The van der Waals surface area contributed by atoms with Crippen molar-refractivity contribution in [2.45, 2.75) is 58.1 Å². The quantitative estimate of drug-likeness (QED) is 0.747. The van der Waals surface area contributed by atoms with E-state index in [1.165, 1.54) is 4.90 Å². The fraction of sp³-hybridized carbons (Fsp3) is 0.786. The Hall–Kier alpha value is -1.79. The standard InChI is InChI=1S/C14H24N2O5/c1-14(2,3)21-13(20)16-9-5-6-10(16)12(19)15-8-4-7-11(17)18/h10H,4-9H2,1-3H3,(H,15,19)(H,17,18)/t10-/m1/s1. The van der Waals surface area contributed by atoms with E-state index >= 15 is 0 Å². The molecule has 0 saturated carbocycles. The van der Waals surface area contributed by atoms with E-state index < -0.39 is 23.7 Å². The largest absolute Gasteiger partial charge is 0.481 e. The van der Waals surface area contributed by atoms with Crippen LogP contribution in [0.15, 0.2) is 0 Å². The number of carbonyl (C=O) groups excluding carboxylic acids is 2. The van der Waals surface area contributed by atoms with Crippen LogP contribution in [0.4, 0.5) is 4.79 Å². The highest BCUT2D eigenvalue weighted by atomic mass is 16.6. The number of nitrogens with zero attached hydrogens (tertiary/aromatic N) is 1. The average molecular weight is 300 g/mol. The molecule has 21 heavy (non-hydrogen) atoms. The molecule has 1 atom stereocenters. The van der Waals surface area contributed by atoms with Crippen molar-refractivity contribution in [1.82, 2.24) is 10.2 Å². The highest BCUT2D eigenvalue weighted by Crippen LogP contribution is 2.20. The van der Waals surface area contributed by atoms with Crippen molar-refractivity contribution in [2.24, 2.45) is 0 Å². The van der Waals surface area contributed by atoms with Crippen LogP contribution in [0.5, 0.6) is 0 Å². The Morgan fingerprint density at radius 1 is 1.33 bits per heavy atom. The lowest BCUT2D eigenvalue weighted by Gasteiger charge is -2.28. The molecule has 0 spiro atoms. The second-order valence-corrected chi connectivity index (χ2v) is 6.12. The van der Waals surface area contributed by atoms with Gasteiger partial charge in [0.05, 0.1) is 0 Å². The zero-order valence-electron chi connectivity index (χ0n) is 12.8. The smallest absolute Gasteiger partial charge is 0.410 e. The van der Waals surface area contributed by atoms with Crippen LogP contribution in [0, 0.1) is 0 Å². The fourth-order valence-corrected chi connectivity index (χ4v) is 2.15. The molecule has 120 valence electrons. The first-order chi connectivity index (χ1) is 9.70. The van der Waals surface area contributed by atoms with Crippen LogP contribution in [0.25, 0.3) is 0 Å². The molecule has 0 unspecified atom stereocenters. The summed E-state index contributed by atoms with van der Waals surface area (Å²) in [6.45, 7) is 6.14. The fourth-order valence-electron chi connectivity index (χ4n) is 2.15. The third-order valence-corrected chi connectivity index (χ3v) is 3.05. The summed E-state index contributed by atoms with van der Waals surface area (Å²) in [6, 6.07) is -0.523. The lowest BCUT2D eigenvalue weighted by atomic mass is 10.2. The lowest BCUT2D eigenvalue weighted by molar-refractivity contribution is -0.137. The Morgan fingerprint density at radius 3 is 2.57 bits per heavy atom. The molecule has 1 heterocycles. The minimum Gasteiger partial charge on any atom is -0.481 e. The number of rotatable bonds is 5. The summed E-state index contributed by atoms with van der Waals surface area (Å²) in [6.07, 6.45) is 1.27. The summed E-state index contributed by atoms with van der Waals surface area (Å²) < 4.78 is 5.29. The zero-order valence-corrected chi connectivity index (χ0v) is 12.8. The van der Waals surface area contributed by atoms with Crippen LogP contribution >= 0.6 is 0 Å². The maximum atomic E-state index is 12.1.